The van der Waals surface area contributed by atoms with Crippen LogP contribution in [-0.4, -0.2) is 97.9 Å². The molecule has 1 unspecified atom stereocenters. The second kappa shape index (κ2) is 10.5. The molecule has 2 atom stereocenters. The van der Waals surface area contributed by atoms with Crippen LogP contribution in [0.4, 0.5) is 0 Å². The van der Waals surface area contributed by atoms with Gasteiger partial charge in [0.1, 0.15) is 0 Å². The summed E-state index contributed by atoms with van der Waals surface area (Å²) in [5.41, 5.74) is 0. The summed E-state index contributed by atoms with van der Waals surface area (Å²) < 4.78 is 0. The highest BCUT2D eigenvalue weighted by Gasteiger charge is 2.24. The van der Waals surface area contributed by atoms with E-state index in [1.165, 1.54) is 0 Å². The summed E-state index contributed by atoms with van der Waals surface area (Å²) in [7, 11) is 0. The number of aliphatic hydroxyl groups is 3. The molecule has 0 aromatic carbocycles. The molecule has 1 aliphatic rings. The Morgan fingerprint density at radius 2 is 1.26 bits per heavy atom. The third kappa shape index (κ3) is 6.62. The molecule has 7 heteroatoms. The Morgan fingerprint density at radius 1 is 0.789 bits per heavy atom. The van der Waals surface area contributed by atoms with Gasteiger partial charge in [-0.2, -0.15) is 0 Å². The molecule has 1 heterocycles. The van der Waals surface area contributed by atoms with E-state index in [2.05, 4.69) is 16.0 Å². The maximum Gasteiger partial charge on any atom is 0.0947 e. The van der Waals surface area contributed by atoms with Gasteiger partial charge in [0.15, 0.2) is 0 Å². The van der Waals surface area contributed by atoms with Crippen molar-refractivity contribution in [1.82, 2.24) is 20.9 Å². The zero-order chi connectivity index (χ0) is 13.9. The van der Waals surface area contributed by atoms with Gasteiger partial charge in [0.2, 0.25) is 0 Å². The van der Waals surface area contributed by atoms with E-state index < -0.39 is 12.1 Å². The Balaban J connectivity index is 2.48. The van der Waals surface area contributed by atoms with Crippen LogP contribution in [0.1, 0.15) is 0 Å². The van der Waals surface area contributed by atoms with E-state index in [-0.39, 0.29) is 13.2 Å². The van der Waals surface area contributed by atoms with E-state index in [9.17, 15) is 10.2 Å². The van der Waals surface area contributed by atoms with Crippen LogP contribution in [0, 0.1) is 0 Å². The summed E-state index contributed by atoms with van der Waals surface area (Å²) >= 11 is 0. The Morgan fingerprint density at radius 3 is 1.68 bits per heavy atom. The fraction of sp³-hybridized carbons (Fsp3) is 1.00. The quantitative estimate of drug-likeness (QED) is 0.321. The van der Waals surface area contributed by atoms with Crippen LogP contribution in [-0.2, 0) is 0 Å². The lowest BCUT2D eigenvalue weighted by atomic mass is 10.1. The molecule has 0 bridgehead atoms. The van der Waals surface area contributed by atoms with Gasteiger partial charge in [-0.25, -0.2) is 0 Å². The molecule has 0 spiro atoms. The molecule has 0 aromatic heterocycles. The van der Waals surface area contributed by atoms with Crippen LogP contribution in [0.3, 0.4) is 0 Å². The highest BCUT2D eigenvalue weighted by molar-refractivity contribution is 4.79. The molecular weight excluding hydrogens is 248 g/mol. The number of hydrogen-bond acceptors (Lipinski definition) is 7. The first-order valence-electron chi connectivity index (χ1n) is 7.05. The monoisotopic (exact) mass is 276 g/mol. The molecule has 0 aromatic rings. The van der Waals surface area contributed by atoms with Crippen LogP contribution < -0.4 is 16.0 Å². The SMILES string of the molecule is OCC(O)[C@@H](CO)N1CCNCCNCCNCC1. The third-order valence-corrected chi connectivity index (χ3v) is 3.40. The topological polar surface area (TPSA) is 100 Å². The molecule has 1 aliphatic heterocycles. The summed E-state index contributed by atoms with van der Waals surface area (Å²) in [4.78, 5) is 2.02. The second-order valence-corrected chi connectivity index (χ2v) is 4.79. The maximum absolute atomic E-state index is 9.76. The first kappa shape index (κ1) is 16.8. The van der Waals surface area contributed by atoms with E-state index in [1.807, 2.05) is 4.90 Å². The molecule has 1 saturated heterocycles. The van der Waals surface area contributed by atoms with Crippen molar-refractivity contribution < 1.29 is 15.3 Å². The van der Waals surface area contributed by atoms with Crippen molar-refractivity contribution in [1.29, 1.82) is 0 Å². The molecule has 0 aliphatic carbocycles. The van der Waals surface area contributed by atoms with Gasteiger partial charge < -0.3 is 31.3 Å². The summed E-state index contributed by atoms with van der Waals surface area (Å²) in [6, 6.07) is -0.408. The minimum absolute atomic E-state index is 0.150. The molecule has 19 heavy (non-hydrogen) atoms. The minimum atomic E-state index is -0.903. The van der Waals surface area contributed by atoms with Gasteiger partial charge in [-0.05, 0) is 0 Å². The van der Waals surface area contributed by atoms with Crippen LogP contribution in [0.25, 0.3) is 0 Å². The molecule has 6 N–H and O–H groups in total. The third-order valence-electron chi connectivity index (χ3n) is 3.40. The average molecular weight is 276 g/mol. The number of aliphatic hydroxyl groups excluding tert-OH is 3. The van der Waals surface area contributed by atoms with Gasteiger partial charge in [0.25, 0.3) is 0 Å². The van der Waals surface area contributed by atoms with E-state index in [0.717, 1.165) is 52.4 Å². The molecule has 0 radical (unpaired) electrons. The minimum Gasteiger partial charge on any atom is -0.395 e. The lowest BCUT2D eigenvalue weighted by Gasteiger charge is -2.33. The van der Waals surface area contributed by atoms with E-state index in [1.54, 1.807) is 0 Å². The van der Waals surface area contributed by atoms with Gasteiger partial charge in [-0.1, -0.05) is 0 Å². The largest absolute Gasteiger partial charge is 0.395 e. The van der Waals surface area contributed by atoms with E-state index in [4.69, 9.17) is 5.11 Å². The zero-order valence-corrected chi connectivity index (χ0v) is 11.5. The number of nitrogens with one attached hydrogen (secondary N) is 3. The second-order valence-electron chi connectivity index (χ2n) is 4.79. The number of rotatable bonds is 4. The summed E-state index contributed by atoms with van der Waals surface area (Å²) in [6.07, 6.45) is -0.903. The lowest BCUT2D eigenvalue weighted by Crippen LogP contribution is -2.52. The molecular formula is C12H28N4O3. The molecule has 1 rings (SSSR count). The van der Waals surface area contributed by atoms with Gasteiger partial charge >= 0.3 is 0 Å². The van der Waals surface area contributed by atoms with E-state index in [0.29, 0.717) is 0 Å². The summed E-state index contributed by atoms with van der Waals surface area (Å²) in [5, 5.41) is 38.2. The Kier molecular flexibility index (Phi) is 9.27. The zero-order valence-electron chi connectivity index (χ0n) is 11.5. The van der Waals surface area contributed by atoms with Crippen molar-refractivity contribution in [2.75, 3.05) is 65.6 Å². The number of hydrogen-bond donors (Lipinski definition) is 6. The van der Waals surface area contributed by atoms with Crippen molar-refractivity contribution in [3.05, 3.63) is 0 Å². The highest BCUT2D eigenvalue weighted by Crippen LogP contribution is 2.04. The molecule has 7 nitrogen and oxygen atoms in total. The Bertz CT molecular complexity index is 209. The van der Waals surface area contributed by atoms with Gasteiger partial charge in [-0.15, -0.1) is 0 Å². The molecule has 0 amide bonds. The van der Waals surface area contributed by atoms with E-state index >= 15 is 0 Å². The number of nitrogens with zero attached hydrogens (tertiary/aromatic N) is 1. The van der Waals surface area contributed by atoms with Crippen LogP contribution in [0.15, 0.2) is 0 Å². The Hall–Kier alpha value is -0.280. The lowest BCUT2D eigenvalue weighted by molar-refractivity contribution is -0.0124. The predicted octanol–water partition coefficient (Wildman–Crippen LogP) is -3.22. The molecule has 114 valence electrons. The fourth-order valence-corrected chi connectivity index (χ4v) is 2.22. The van der Waals surface area contributed by atoms with Crippen molar-refractivity contribution in [2.45, 2.75) is 12.1 Å². The summed E-state index contributed by atoms with van der Waals surface area (Å²) in [6.45, 7) is 6.28. The van der Waals surface area contributed by atoms with Gasteiger partial charge in [-0.3, -0.25) is 4.90 Å². The smallest absolute Gasteiger partial charge is 0.0947 e. The fourth-order valence-electron chi connectivity index (χ4n) is 2.22. The van der Waals surface area contributed by atoms with Crippen molar-refractivity contribution in [3.63, 3.8) is 0 Å². The summed E-state index contributed by atoms with van der Waals surface area (Å²) in [5.74, 6) is 0. The van der Waals surface area contributed by atoms with Crippen LogP contribution in [0.5, 0.6) is 0 Å². The van der Waals surface area contributed by atoms with Crippen molar-refractivity contribution in [3.8, 4) is 0 Å². The Labute approximate surface area is 115 Å². The normalized spacial score (nSPS) is 24.2. The van der Waals surface area contributed by atoms with Gasteiger partial charge in [0, 0.05) is 52.4 Å². The highest BCUT2D eigenvalue weighted by atomic mass is 16.3. The van der Waals surface area contributed by atoms with Crippen LogP contribution in [0.2, 0.25) is 0 Å². The molecule has 0 saturated carbocycles. The van der Waals surface area contributed by atoms with Crippen molar-refractivity contribution >= 4 is 0 Å². The van der Waals surface area contributed by atoms with Gasteiger partial charge in [0.05, 0.1) is 25.4 Å². The predicted molar refractivity (Wildman–Crippen MR) is 74.1 cm³/mol. The standard InChI is InChI=1S/C12H28N4O3/c17-9-11(12(19)10-18)16-7-5-14-3-1-13-2-4-15-6-8-16/h11-15,17-19H,1-10H2/t11-,12?/m1/s1. The molecule has 1 fully saturated rings. The first-order chi connectivity index (χ1) is 9.29. The first-order valence-corrected chi connectivity index (χ1v) is 7.05. The average Bonchev–Trinajstić information content (AvgIpc) is 2.41. The van der Waals surface area contributed by atoms with Crippen LogP contribution >= 0.6 is 0 Å². The van der Waals surface area contributed by atoms with Crippen molar-refractivity contribution in [2.24, 2.45) is 0 Å². The maximum atomic E-state index is 9.76.